The monoisotopic (exact) mass is 198 g/mol. The number of aromatic nitrogens is 2. The van der Waals surface area contributed by atoms with E-state index in [9.17, 15) is 14.0 Å². The number of nitrogens with zero attached hydrogens (tertiary/aromatic N) is 1. The van der Waals surface area contributed by atoms with E-state index in [1.54, 1.807) is 0 Å². The van der Waals surface area contributed by atoms with E-state index in [1.165, 1.54) is 4.57 Å². The lowest BCUT2D eigenvalue weighted by molar-refractivity contribution is 0.465. The lowest BCUT2D eigenvalue weighted by Crippen LogP contribution is -2.33. The molecule has 1 N–H and O–H groups in total. The summed E-state index contributed by atoms with van der Waals surface area (Å²) in [6.45, 7) is 0. The van der Waals surface area contributed by atoms with Crippen LogP contribution in [0.4, 0.5) is 4.39 Å². The Hall–Kier alpha value is -1.39. The van der Waals surface area contributed by atoms with Crippen molar-refractivity contribution < 1.29 is 4.39 Å². The molecule has 0 aliphatic heterocycles. The zero-order valence-electron chi connectivity index (χ0n) is 7.62. The number of hydrogen-bond acceptors (Lipinski definition) is 2. The third kappa shape index (κ3) is 1.49. The molecule has 4 nitrogen and oxygen atoms in total. The largest absolute Gasteiger partial charge is 0.328 e. The lowest BCUT2D eigenvalue weighted by atomic mass is 10.2. The van der Waals surface area contributed by atoms with Crippen LogP contribution in [0.25, 0.3) is 0 Å². The van der Waals surface area contributed by atoms with Crippen molar-refractivity contribution in [1.82, 2.24) is 9.55 Å². The minimum atomic E-state index is -0.941. The molecule has 14 heavy (non-hydrogen) atoms. The second-order valence-electron chi connectivity index (χ2n) is 3.58. The number of halogens is 1. The van der Waals surface area contributed by atoms with Gasteiger partial charge in [0.25, 0.3) is 5.56 Å². The number of hydrogen-bond donors (Lipinski definition) is 1. The molecule has 0 amide bonds. The number of rotatable bonds is 1. The molecule has 0 spiro atoms. The first-order valence-electron chi connectivity index (χ1n) is 4.69. The van der Waals surface area contributed by atoms with Crippen molar-refractivity contribution in [2.24, 2.45) is 0 Å². The maximum Gasteiger partial charge on any atom is 0.328 e. The van der Waals surface area contributed by atoms with Crippen LogP contribution < -0.4 is 11.2 Å². The van der Waals surface area contributed by atoms with Crippen molar-refractivity contribution in [3.8, 4) is 0 Å². The van der Waals surface area contributed by atoms with Crippen LogP contribution in [0.3, 0.4) is 0 Å². The zero-order chi connectivity index (χ0) is 10.1. The van der Waals surface area contributed by atoms with E-state index in [1.807, 2.05) is 4.98 Å². The van der Waals surface area contributed by atoms with E-state index < -0.39 is 17.1 Å². The standard InChI is InChI=1S/C9H11FN2O2/c10-7-5-12(6-3-1-2-4-6)9(14)11-8(7)13/h5-6H,1-4H2,(H,11,13,14). The number of aromatic amines is 1. The Labute approximate surface area is 79.4 Å². The lowest BCUT2D eigenvalue weighted by Gasteiger charge is -2.11. The van der Waals surface area contributed by atoms with Crippen LogP contribution in [0.2, 0.25) is 0 Å². The van der Waals surface area contributed by atoms with Crippen LogP contribution in [0.5, 0.6) is 0 Å². The van der Waals surface area contributed by atoms with Gasteiger partial charge in [0, 0.05) is 6.04 Å². The zero-order valence-corrected chi connectivity index (χ0v) is 7.62. The Morgan fingerprint density at radius 1 is 1.36 bits per heavy atom. The molecule has 0 atom stereocenters. The van der Waals surface area contributed by atoms with Gasteiger partial charge >= 0.3 is 5.69 Å². The Bertz CT molecular complexity index is 443. The Kier molecular flexibility index (Phi) is 2.23. The summed E-state index contributed by atoms with van der Waals surface area (Å²) in [4.78, 5) is 24.0. The summed E-state index contributed by atoms with van der Waals surface area (Å²) in [7, 11) is 0. The summed E-state index contributed by atoms with van der Waals surface area (Å²) in [5.41, 5.74) is -1.45. The summed E-state index contributed by atoms with van der Waals surface area (Å²) in [6.07, 6.45) is 4.88. The minimum Gasteiger partial charge on any atom is -0.295 e. The summed E-state index contributed by atoms with van der Waals surface area (Å²) < 4.78 is 14.2. The van der Waals surface area contributed by atoms with E-state index in [2.05, 4.69) is 0 Å². The van der Waals surface area contributed by atoms with Crippen molar-refractivity contribution in [3.05, 3.63) is 32.9 Å². The molecule has 0 radical (unpaired) electrons. The second kappa shape index (κ2) is 3.40. The topological polar surface area (TPSA) is 54.9 Å². The van der Waals surface area contributed by atoms with Crippen molar-refractivity contribution in [2.45, 2.75) is 31.7 Å². The van der Waals surface area contributed by atoms with Gasteiger partial charge in [0.1, 0.15) is 0 Å². The number of nitrogens with one attached hydrogen (secondary N) is 1. The van der Waals surface area contributed by atoms with Gasteiger partial charge in [-0.15, -0.1) is 0 Å². The molecule has 0 saturated heterocycles. The molecule has 0 bridgehead atoms. The van der Waals surface area contributed by atoms with Gasteiger partial charge < -0.3 is 0 Å². The third-order valence-electron chi connectivity index (χ3n) is 2.64. The Morgan fingerprint density at radius 3 is 2.64 bits per heavy atom. The molecule has 1 fully saturated rings. The molecular formula is C9H11FN2O2. The molecule has 1 saturated carbocycles. The molecule has 1 aliphatic rings. The molecule has 76 valence electrons. The maximum atomic E-state index is 12.9. The predicted molar refractivity (Wildman–Crippen MR) is 48.8 cm³/mol. The second-order valence-corrected chi connectivity index (χ2v) is 3.58. The first-order chi connectivity index (χ1) is 6.68. The quantitative estimate of drug-likeness (QED) is 0.725. The molecule has 0 aromatic carbocycles. The Balaban J connectivity index is 2.47. The highest BCUT2D eigenvalue weighted by Gasteiger charge is 2.18. The van der Waals surface area contributed by atoms with Crippen LogP contribution in [0.1, 0.15) is 31.7 Å². The summed E-state index contributed by atoms with van der Waals surface area (Å²) in [5.74, 6) is -0.892. The molecule has 1 heterocycles. The molecule has 1 aromatic heterocycles. The number of H-pyrrole nitrogens is 1. The van der Waals surface area contributed by atoms with E-state index in [0.29, 0.717) is 0 Å². The normalized spacial score (nSPS) is 17.5. The average molecular weight is 198 g/mol. The molecule has 0 unspecified atom stereocenters. The smallest absolute Gasteiger partial charge is 0.295 e. The summed E-state index contributed by atoms with van der Waals surface area (Å²) in [6, 6.07) is 0.0499. The van der Waals surface area contributed by atoms with Crippen molar-refractivity contribution in [1.29, 1.82) is 0 Å². The van der Waals surface area contributed by atoms with Crippen LogP contribution in [-0.2, 0) is 0 Å². The fraction of sp³-hybridized carbons (Fsp3) is 0.556. The third-order valence-corrected chi connectivity index (χ3v) is 2.64. The highest BCUT2D eigenvalue weighted by molar-refractivity contribution is 4.90. The van der Waals surface area contributed by atoms with Crippen molar-refractivity contribution in [2.75, 3.05) is 0 Å². The molecule has 2 rings (SSSR count). The van der Waals surface area contributed by atoms with E-state index in [-0.39, 0.29) is 6.04 Å². The highest BCUT2D eigenvalue weighted by atomic mass is 19.1. The van der Waals surface area contributed by atoms with Gasteiger partial charge in [0.15, 0.2) is 0 Å². The minimum absolute atomic E-state index is 0.0499. The molecule has 1 aromatic rings. The summed E-state index contributed by atoms with van der Waals surface area (Å²) in [5, 5.41) is 0. The predicted octanol–water partition coefficient (Wildman–Crippen LogP) is 0.791. The van der Waals surface area contributed by atoms with Crippen LogP contribution in [0.15, 0.2) is 15.8 Å². The van der Waals surface area contributed by atoms with E-state index in [4.69, 9.17) is 0 Å². The van der Waals surface area contributed by atoms with Crippen molar-refractivity contribution >= 4 is 0 Å². The van der Waals surface area contributed by atoms with Crippen LogP contribution in [-0.4, -0.2) is 9.55 Å². The van der Waals surface area contributed by atoms with E-state index >= 15 is 0 Å². The van der Waals surface area contributed by atoms with Gasteiger partial charge in [-0.25, -0.2) is 4.79 Å². The molecule has 1 aliphatic carbocycles. The highest BCUT2D eigenvalue weighted by Crippen LogP contribution is 2.27. The van der Waals surface area contributed by atoms with Gasteiger partial charge in [-0.1, -0.05) is 12.8 Å². The maximum absolute atomic E-state index is 12.9. The van der Waals surface area contributed by atoms with Gasteiger partial charge in [0.2, 0.25) is 5.82 Å². The van der Waals surface area contributed by atoms with Crippen LogP contribution in [0, 0.1) is 5.82 Å². The Morgan fingerprint density at radius 2 is 2.00 bits per heavy atom. The van der Waals surface area contributed by atoms with Gasteiger partial charge in [0.05, 0.1) is 6.20 Å². The van der Waals surface area contributed by atoms with Gasteiger partial charge in [-0.05, 0) is 12.8 Å². The fourth-order valence-electron chi connectivity index (χ4n) is 1.91. The SMILES string of the molecule is O=c1[nH]c(=O)n(C2CCCC2)cc1F. The van der Waals surface area contributed by atoms with Crippen molar-refractivity contribution in [3.63, 3.8) is 0 Å². The first-order valence-corrected chi connectivity index (χ1v) is 4.69. The summed E-state index contributed by atoms with van der Waals surface area (Å²) >= 11 is 0. The average Bonchev–Trinajstić information content (AvgIpc) is 2.64. The van der Waals surface area contributed by atoms with Crippen LogP contribution >= 0.6 is 0 Å². The fourth-order valence-corrected chi connectivity index (χ4v) is 1.91. The molecular weight excluding hydrogens is 187 g/mol. The molecule has 5 heteroatoms. The first kappa shape index (κ1) is 9.18. The van der Waals surface area contributed by atoms with Gasteiger partial charge in [-0.3, -0.25) is 14.3 Å². The van der Waals surface area contributed by atoms with E-state index in [0.717, 1.165) is 31.9 Å². The van der Waals surface area contributed by atoms with Gasteiger partial charge in [-0.2, -0.15) is 4.39 Å².